The number of carbonyl (C=O) groups is 4. The van der Waals surface area contributed by atoms with Crippen LogP contribution in [0.3, 0.4) is 0 Å². The van der Waals surface area contributed by atoms with Crippen molar-refractivity contribution in [1.29, 1.82) is 0 Å². The zero-order valence-electron chi connectivity index (χ0n) is 16.7. The van der Waals surface area contributed by atoms with Crippen molar-refractivity contribution in [2.75, 3.05) is 0 Å². The fraction of sp³-hybridized carbons (Fsp3) is 0.250. The van der Waals surface area contributed by atoms with Gasteiger partial charge in [0.25, 0.3) is 0 Å². The Balaban J connectivity index is 1.58. The smallest absolute Gasteiger partial charge is 0.326 e. The number of hydrogen-bond donors (Lipinski definition) is 2. The van der Waals surface area contributed by atoms with Gasteiger partial charge in [0.15, 0.2) is 11.6 Å². The summed E-state index contributed by atoms with van der Waals surface area (Å²) in [7, 11) is 0. The number of ketones is 2. The molecule has 1 amide bonds. The molecule has 0 saturated heterocycles. The van der Waals surface area contributed by atoms with E-state index < -0.39 is 17.9 Å². The molecule has 0 bridgehead atoms. The molecular weight excluding hydrogens is 382 g/mol. The highest BCUT2D eigenvalue weighted by Gasteiger charge is 2.29. The number of allylic oxidation sites excluding steroid dienone is 2. The Morgan fingerprint density at radius 3 is 2.17 bits per heavy atom. The molecule has 0 aromatic heterocycles. The van der Waals surface area contributed by atoms with E-state index in [9.17, 15) is 24.3 Å². The van der Waals surface area contributed by atoms with Crippen LogP contribution in [0.5, 0.6) is 0 Å². The molecular formula is C24H23NO5. The first-order valence-electron chi connectivity index (χ1n) is 9.82. The topological polar surface area (TPSA) is 101 Å². The maximum atomic E-state index is 12.7. The van der Waals surface area contributed by atoms with Crippen molar-refractivity contribution in [1.82, 2.24) is 5.32 Å². The molecule has 3 rings (SSSR count). The van der Waals surface area contributed by atoms with Gasteiger partial charge >= 0.3 is 5.97 Å². The van der Waals surface area contributed by atoms with E-state index in [0.717, 1.165) is 5.56 Å². The number of amides is 1. The van der Waals surface area contributed by atoms with Gasteiger partial charge in [-0.05, 0) is 25.3 Å². The first-order valence-corrected chi connectivity index (χ1v) is 9.82. The van der Waals surface area contributed by atoms with Crippen LogP contribution in [0.4, 0.5) is 0 Å². The Morgan fingerprint density at radius 1 is 0.933 bits per heavy atom. The molecule has 2 aromatic rings. The van der Waals surface area contributed by atoms with Crippen LogP contribution >= 0.6 is 0 Å². The van der Waals surface area contributed by atoms with Crippen molar-refractivity contribution in [3.05, 3.63) is 82.4 Å². The second-order valence-electron chi connectivity index (χ2n) is 7.31. The molecule has 154 valence electrons. The van der Waals surface area contributed by atoms with E-state index in [1.54, 1.807) is 43.3 Å². The molecule has 0 heterocycles. The summed E-state index contributed by atoms with van der Waals surface area (Å²) in [6.07, 6.45) is 0.889. The lowest BCUT2D eigenvalue weighted by Crippen LogP contribution is -2.42. The highest BCUT2D eigenvalue weighted by molar-refractivity contribution is 6.26. The first-order chi connectivity index (χ1) is 14.4. The lowest BCUT2D eigenvalue weighted by Gasteiger charge is -2.19. The SMILES string of the molecule is CC1=C(CCCC(=O)N[C@H](Cc2ccccc2)C(=O)O)C(=O)c2ccccc2C1=O. The molecule has 0 spiro atoms. The molecule has 2 aromatic carbocycles. The van der Waals surface area contributed by atoms with Gasteiger partial charge in [-0.2, -0.15) is 0 Å². The van der Waals surface area contributed by atoms with Gasteiger partial charge in [-0.3, -0.25) is 14.4 Å². The van der Waals surface area contributed by atoms with E-state index in [1.165, 1.54) is 0 Å². The third kappa shape index (κ3) is 4.71. The van der Waals surface area contributed by atoms with Gasteiger partial charge in [-0.15, -0.1) is 0 Å². The van der Waals surface area contributed by atoms with Crippen LogP contribution in [-0.2, 0) is 16.0 Å². The van der Waals surface area contributed by atoms with Crippen LogP contribution in [-0.4, -0.2) is 34.6 Å². The lowest BCUT2D eigenvalue weighted by molar-refractivity contribution is -0.141. The van der Waals surface area contributed by atoms with Crippen molar-refractivity contribution >= 4 is 23.4 Å². The highest BCUT2D eigenvalue weighted by atomic mass is 16.4. The zero-order valence-corrected chi connectivity index (χ0v) is 16.7. The average molecular weight is 405 g/mol. The third-order valence-corrected chi connectivity index (χ3v) is 5.23. The molecule has 1 atom stereocenters. The molecule has 6 nitrogen and oxygen atoms in total. The minimum atomic E-state index is -1.10. The third-order valence-electron chi connectivity index (χ3n) is 5.23. The number of carboxylic acid groups (broad SMARTS) is 1. The maximum absolute atomic E-state index is 12.7. The number of benzene rings is 2. The molecule has 1 aliphatic rings. The van der Waals surface area contributed by atoms with Crippen LogP contribution < -0.4 is 5.32 Å². The normalized spacial score (nSPS) is 14.3. The summed E-state index contributed by atoms with van der Waals surface area (Å²) in [4.78, 5) is 49.0. The molecule has 0 radical (unpaired) electrons. The molecule has 2 N–H and O–H groups in total. The van der Waals surface area contributed by atoms with Crippen LogP contribution in [0.2, 0.25) is 0 Å². The minimum Gasteiger partial charge on any atom is -0.480 e. The summed E-state index contributed by atoms with van der Waals surface area (Å²) in [5.74, 6) is -1.85. The van der Waals surface area contributed by atoms with Gasteiger partial charge in [-0.1, -0.05) is 54.6 Å². The summed E-state index contributed by atoms with van der Waals surface area (Å²) in [5, 5.41) is 11.9. The zero-order chi connectivity index (χ0) is 21.7. The Labute approximate surface area is 174 Å². The maximum Gasteiger partial charge on any atom is 0.326 e. The van der Waals surface area contributed by atoms with Gasteiger partial charge in [0, 0.05) is 35.1 Å². The van der Waals surface area contributed by atoms with E-state index in [1.807, 2.05) is 18.2 Å². The predicted octanol–water partition coefficient (Wildman–Crippen LogP) is 3.36. The van der Waals surface area contributed by atoms with Crippen LogP contribution in [0.15, 0.2) is 65.7 Å². The lowest BCUT2D eigenvalue weighted by atomic mass is 9.83. The minimum absolute atomic E-state index is 0.0679. The van der Waals surface area contributed by atoms with E-state index in [-0.39, 0.29) is 30.8 Å². The van der Waals surface area contributed by atoms with Gasteiger partial charge < -0.3 is 10.4 Å². The highest BCUT2D eigenvalue weighted by Crippen LogP contribution is 2.28. The monoisotopic (exact) mass is 405 g/mol. The van der Waals surface area contributed by atoms with Crippen LogP contribution in [0, 0.1) is 0 Å². The summed E-state index contributed by atoms with van der Waals surface area (Å²) >= 11 is 0. The van der Waals surface area contributed by atoms with E-state index in [2.05, 4.69) is 5.32 Å². The van der Waals surface area contributed by atoms with E-state index in [0.29, 0.717) is 28.7 Å². The van der Waals surface area contributed by atoms with Crippen molar-refractivity contribution in [3.63, 3.8) is 0 Å². The standard InChI is InChI=1S/C24H23NO5/c1-15-17(23(28)19-11-6-5-10-18(19)22(15)27)12-7-13-21(26)25-20(24(29)30)14-16-8-3-2-4-9-16/h2-6,8-11,20H,7,12-14H2,1H3,(H,25,26)(H,29,30)/t20-/m1/s1. The fourth-order valence-corrected chi connectivity index (χ4v) is 3.59. The Hall–Kier alpha value is -3.54. The number of Topliss-reactive ketones (excluding diaryl/α,β-unsaturated/α-hetero) is 2. The Bertz CT molecular complexity index is 1020. The summed E-state index contributed by atoms with van der Waals surface area (Å²) in [6.45, 7) is 1.63. The van der Waals surface area contributed by atoms with E-state index >= 15 is 0 Å². The van der Waals surface area contributed by atoms with Gasteiger partial charge in [0.2, 0.25) is 5.91 Å². The van der Waals surface area contributed by atoms with Crippen LogP contribution in [0.25, 0.3) is 0 Å². The number of carbonyl (C=O) groups excluding carboxylic acids is 3. The predicted molar refractivity (Wildman–Crippen MR) is 111 cm³/mol. The Kier molecular flexibility index (Phi) is 6.57. The van der Waals surface area contributed by atoms with Crippen molar-refractivity contribution < 1.29 is 24.3 Å². The number of carboxylic acids is 1. The molecule has 0 aliphatic heterocycles. The fourth-order valence-electron chi connectivity index (χ4n) is 3.59. The Morgan fingerprint density at radius 2 is 1.53 bits per heavy atom. The van der Waals surface area contributed by atoms with Crippen molar-refractivity contribution in [2.24, 2.45) is 0 Å². The molecule has 1 aliphatic carbocycles. The van der Waals surface area contributed by atoms with Gasteiger partial charge in [0.05, 0.1) is 0 Å². The average Bonchev–Trinajstić information content (AvgIpc) is 2.74. The quantitative estimate of drug-likeness (QED) is 0.701. The molecule has 0 fully saturated rings. The summed E-state index contributed by atoms with van der Waals surface area (Å²) in [6, 6.07) is 14.8. The second-order valence-corrected chi connectivity index (χ2v) is 7.31. The summed E-state index contributed by atoms with van der Waals surface area (Å²) < 4.78 is 0. The number of fused-ring (bicyclic) bond motifs is 1. The first kappa shape index (κ1) is 21.2. The van der Waals surface area contributed by atoms with Gasteiger partial charge in [0.1, 0.15) is 6.04 Å². The number of aliphatic carboxylic acids is 1. The largest absolute Gasteiger partial charge is 0.480 e. The van der Waals surface area contributed by atoms with Crippen molar-refractivity contribution in [2.45, 2.75) is 38.6 Å². The molecule has 30 heavy (non-hydrogen) atoms. The van der Waals surface area contributed by atoms with Crippen molar-refractivity contribution in [3.8, 4) is 0 Å². The number of nitrogens with one attached hydrogen (secondary N) is 1. The second kappa shape index (κ2) is 9.31. The van der Waals surface area contributed by atoms with E-state index in [4.69, 9.17) is 0 Å². The molecule has 0 saturated carbocycles. The van der Waals surface area contributed by atoms with Gasteiger partial charge in [-0.25, -0.2) is 4.79 Å². The number of rotatable bonds is 8. The number of hydrogen-bond acceptors (Lipinski definition) is 4. The van der Waals surface area contributed by atoms with Crippen LogP contribution in [0.1, 0.15) is 52.5 Å². The molecule has 0 unspecified atom stereocenters. The summed E-state index contributed by atoms with van der Waals surface area (Å²) in [5.41, 5.74) is 2.45. The molecule has 6 heteroatoms.